The van der Waals surface area contributed by atoms with E-state index in [0.717, 1.165) is 25.2 Å². The van der Waals surface area contributed by atoms with Crippen molar-refractivity contribution in [2.45, 2.75) is 22.1 Å². The summed E-state index contributed by atoms with van der Waals surface area (Å²) in [5, 5.41) is 12.1. The number of aryl methyl sites for hydroxylation is 1. The molecule has 3 aromatic rings. The molecule has 108 valence electrons. The van der Waals surface area contributed by atoms with E-state index in [1.165, 1.54) is 46.8 Å². The number of anilines is 1. The van der Waals surface area contributed by atoms with Gasteiger partial charge in [0.1, 0.15) is 11.6 Å². The van der Waals surface area contributed by atoms with Gasteiger partial charge in [-0.1, -0.05) is 23.5 Å². The molecule has 0 aliphatic rings. The molecule has 0 amide bonds. The Morgan fingerprint density at radius 1 is 1.19 bits per heavy atom. The van der Waals surface area contributed by atoms with E-state index in [2.05, 4.69) is 24.9 Å². The number of benzene rings is 1. The molecule has 0 unspecified atom stereocenters. The molecule has 5 nitrogen and oxygen atoms in total. The van der Waals surface area contributed by atoms with E-state index in [-0.39, 0.29) is 5.82 Å². The number of nitrogens with one attached hydrogen (secondary N) is 1. The summed E-state index contributed by atoms with van der Waals surface area (Å²) in [7, 11) is 0. The smallest absolute Gasteiger partial charge is 0.206 e. The fourth-order valence-corrected chi connectivity index (χ4v) is 4.10. The molecule has 1 N–H and O–H groups in total. The van der Waals surface area contributed by atoms with Crippen molar-refractivity contribution >= 4 is 39.8 Å². The van der Waals surface area contributed by atoms with Crippen molar-refractivity contribution in [2.24, 2.45) is 0 Å². The summed E-state index contributed by atoms with van der Waals surface area (Å²) in [6.07, 6.45) is 0. The van der Waals surface area contributed by atoms with Gasteiger partial charge in [0.05, 0.1) is 0 Å². The molecule has 0 aliphatic carbocycles. The van der Waals surface area contributed by atoms with Crippen LogP contribution in [0.1, 0.15) is 11.4 Å². The van der Waals surface area contributed by atoms with Crippen molar-refractivity contribution in [1.29, 1.82) is 0 Å². The van der Waals surface area contributed by atoms with Gasteiger partial charge >= 0.3 is 0 Å². The molecule has 0 fully saturated rings. The van der Waals surface area contributed by atoms with Gasteiger partial charge in [0.2, 0.25) is 5.13 Å². The van der Waals surface area contributed by atoms with E-state index in [0.29, 0.717) is 6.54 Å². The lowest BCUT2D eigenvalue weighted by atomic mass is 10.2. The number of hydrogen-bond acceptors (Lipinski definition) is 8. The summed E-state index contributed by atoms with van der Waals surface area (Å²) < 4.78 is 18.6. The zero-order valence-corrected chi connectivity index (χ0v) is 13.4. The lowest BCUT2D eigenvalue weighted by Crippen LogP contribution is -1.98. The fourth-order valence-electron chi connectivity index (χ4n) is 1.50. The Morgan fingerprint density at radius 3 is 2.71 bits per heavy atom. The molecule has 0 bridgehead atoms. The van der Waals surface area contributed by atoms with Crippen LogP contribution in [-0.2, 0) is 6.54 Å². The van der Waals surface area contributed by atoms with Gasteiger partial charge in [-0.3, -0.25) is 0 Å². The summed E-state index contributed by atoms with van der Waals surface area (Å²) in [6, 6.07) is 6.36. The van der Waals surface area contributed by atoms with Crippen LogP contribution in [0.5, 0.6) is 0 Å². The second-order valence-electron chi connectivity index (χ2n) is 4.06. The Labute approximate surface area is 132 Å². The van der Waals surface area contributed by atoms with E-state index < -0.39 is 0 Å². The minimum absolute atomic E-state index is 0.235. The second kappa shape index (κ2) is 6.46. The number of halogens is 1. The predicted octanol–water partition coefficient (Wildman–Crippen LogP) is 3.60. The SMILES string of the molecule is Cc1nsc(Sc2nnc(NCc3ccc(F)cc3)s2)n1. The lowest BCUT2D eigenvalue weighted by Gasteiger charge is -2.01. The van der Waals surface area contributed by atoms with Gasteiger partial charge in [0, 0.05) is 6.54 Å². The number of nitrogens with zero attached hydrogens (tertiary/aromatic N) is 4. The molecular formula is C12H10FN5S3. The Morgan fingerprint density at radius 2 is 2.00 bits per heavy atom. The van der Waals surface area contributed by atoms with Gasteiger partial charge in [0.25, 0.3) is 0 Å². The second-order valence-corrected chi connectivity index (χ2v) is 7.29. The van der Waals surface area contributed by atoms with Gasteiger partial charge in [0.15, 0.2) is 8.68 Å². The van der Waals surface area contributed by atoms with Gasteiger partial charge in [-0.15, -0.1) is 10.2 Å². The minimum Gasteiger partial charge on any atom is -0.356 e. The van der Waals surface area contributed by atoms with Crippen molar-refractivity contribution in [2.75, 3.05) is 5.32 Å². The first kappa shape index (κ1) is 14.4. The van der Waals surface area contributed by atoms with Crippen LogP contribution in [-0.4, -0.2) is 19.6 Å². The summed E-state index contributed by atoms with van der Waals surface area (Å²) in [5.74, 6) is 0.530. The van der Waals surface area contributed by atoms with E-state index in [1.807, 2.05) is 6.92 Å². The Balaban J connectivity index is 1.58. The van der Waals surface area contributed by atoms with Gasteiger partial charge < -0.3 is 5.32 Å². The third-order valence-corrected chi connectivity index (χ3v) is 5.22. The number of hydrogen-bond donors (Lipinski definition) is 1. The molecule has 9 heteroatoms. The average Bonchev–Trinajstić information content (AvgIpc) is 3.08. The minimum atomic E-state index is -0.235. The topological polar surface area (TPSA) is 63.6 Å². The zero-order valence-electron chi connectivity index (χ0n) is 10.9. The summed E-state index contributed by atoms with van der Waals surface area (Å²) in [6.45, 7) is 2.44. The molecule has 21 heavy (non-hydrogen) atoms. The molecule has 0 saturated heterocycles. The first-order chi connectivity index (χ1) is 10.2. The third kappa shape index (κ3) is 3.96. The van der Waals surface area contributed by atoms with Gasteiger partial charge in [-0.05, 0) is 47.9 Å². The molecule has 0 radical (unpaired) electrons. The van der Waals surface area contributed by atoms with E-state index in [1.54, 1.807) is 12.1 Å². The van der Waals surface area contributed by atoms with Gasteiger partial charge in [-0.2, -0.15) is 4.37 Å². The summed E-state index contributed by atoms with van der Waals surface area (Å²) in [4.78, 5) is 4.27. The monoisotopic (exact) mass is 339 g/mol. The Bertz CT molecular complexity index is 725. The van der Waals surface area contributed by atoms with E-state index in [9.17, 15) is 4.39 Å². The molecule has 0 atom stereocenters. The summed E-state index contributed by atoms with van der Waals surface area (Å²) >= 11 is 4.26. The maximum absolute atomic E-state index is 12.8. The van der Waals surface area contributed by atoms with Crippen molar-refractivity contribution < 1.29 is 4.39 Å². The van der Waals surface area contributed by atoms with E-state index >= 15 is 0 Å². The molecule has 3 rings (SSSR count). The molecule has 0 saturated carbocycles. The summed E-state index contributed by atoms with van der Waals surface area (Å²) in [5.41, 5.74) is 0.987. The van der Waals surface area contributed by atoms with Crippen molar-refractivity contribution in [3.05, 3.63) is 41.5 Å². The third-order valence-electron chi connectivity index (χ3n) is 2.45. The highest BCUT2D eigenvalue weighted by Crippen LogP contribution is 2.32. The maximum Gasteiger partial charge on any atom is 0.206 e. The van der Waals surface area contributed by atoms with Crippen LogP contribution >= 0.6 is 34.6 Å². The zero-order chi connectivity index (χ0) is 14.7. The van der Waals surface area contributed by atoms with Crippen LogP contribution in [0.4, 0.5) is 9.52 Å². The molecule has 1 aromatic carbocycles. The molecule has 0 aliphatic heterocycles. The van der Waals surface area contributed by atoms with Gasteiger partial charge in [-0.25, -0.2) is 9.37 Å². The number of aromatic nitrogens is 4. The first-order valence-electron chi connectivity index (χ1n) is 5.99. The van der Waals surface area contributed by atoms with Crippen molar-refractivity contribution in [3.8, 4) is 0 Å². The van der Waals surface area contributed by atoms with Crippen molar-refractivity contribution in [3.63, 3.8) is 0 Å². The highest BCUT2D eigenvalue weighted by Gasteiger charge is 2.09. The van der Waals surface area contributed by atoms with Crippen molar-refractivity contribution in [1.82, 2.24) is 19.6 Å². The quantitative estimate of drug-likeness (QED) is 0.766. The van der Waals surface area contributed by atoms with Crippen LogP contribution in [0.2, 0.25) is 0 Å². The number of rotatable bonds is 5. The Hall–Kier alpha value is -1.58. The largest absolute Gasteiger partial charge is 0.356 e. The molecular weight excluding hydrogens is 329 g/mol. The Kier molecular flexibility index (Phi) is 4.42. The lowest BCUT2D eigenvalue weighted by molar-refractivity contribution is 0.627. The van der Waals surface area contributed by atoms with Crippen LogP contribution < -0.4 is 5.32 Å². The molecule has 2 heterocycles. The van der Waals surface area contributed by atoms with Crippen LogP contribution in [0.25, 0.3) is 0 Å². The molecule has 0 spiro atoms. The highest BCUT2D eigenvalue weighted by molar-refractivity contribution is 8.02. The molecule has 2 aromatic heterocycles. The predicted molar refractivity (Wildman–Crippen MR) is 82.4 cm³/mol. The normalized spacial score (nSPS) is 10.8. The average molecular weight is 339 g/mol. The van der Waals surface area contributed by atoms with E-state index in [4.69, 9.17) is 0 Å². The van der Waals surface area contributed by atoms with Crippen LogP contribution in [0, 0.1) is 12.7 Å². The standard InChI is InChI=1S/C12H10FN5S3/c1-7-15-11(21-18-7)20-12-17-16-10(19-12)14-6-8-2-4-9(13)5-3-8/h2-5H,6H2,1H3,(H,14,16). The van der Waals surface area contributed by atoms with Crippen LogP contribution in [0.3, 0.4) is 0 Å². The highest BCUT2D eigenvalue weighted by atomic mass is 32.2. The first-order valence-corrected chi connectivity index (χ1v) is 8.40. The fraction of sp³-hybridized carbons (Fsp3) is 0.167. The maximum atomic E-state index is 12.8. The van der Waals surface area contributed by atoms with Crippen LogP contribution in [0.15, 0.2) is 32.9 Å².